The second-order valence-electron chi connectivity index (χ2n) is 2.41. The van der Waals surface area contributed by atoms with Gasteiger partial charge in [-0.1, -0.05) is 0 Å². The van der Waals surface area contributed by atoms with E-state index >= 15 is 0 Å². The number of ether oxygens (including phenoxy) is 1. The zero-order valence-electron chi connectivity index (χ0n) is 6.47. The van der Waals surface area contributed by atoms with Crippen LogP contribution < -0.4 is 4.74 Å². The van der Waals surface area contributed by atoms with Gasteiger partial charge < -0.3 is 9.72 Å². The number of fused-ring (bicyclic) bond motifs is 1. The number of halogens is 1. The van der Waals surface area contributed by atoms with Gasteiger partial charge in [-0.2, -0.15) is 0 Å². The Morgan fingerprint density at radius 2 is 2.42 bits per heavy atom. The largest absolute Gasteiger partial charge is 0.494 e. The van der Waals surface area contributed by atoms with Crippen molar-refractivity contribution >= 4 is 27.0 Å². The molecule has 62 valence electrons. The van der Waals surface area contributed by atoms with Gasteiger partial charge >= 0.3 is 0 Å². The number of H-pyrrole nitrogens is 1. The average Bonchev–Trinajstić information content (AvgIpc) is 2.46. The van der Waals surface area contributed by atoms with Gasteiger partial charge in [-0.15, -0.1) is 0 Å². The van der Waals surface area contributed by atoms with Gasteiger partial charge in [-0.05, 0) is 22.0 Å². The maximum Gasteiger partial charge on any atom is 0.145 e. The van der Waals surface area contributed by atoms with Crippen molar-refractivity contribution < 1.29 is 4.74 Å². The lowest BCUT2D eigenvalue weighted by atomic mass is 10.3. The Morgan fingerprint density at radius 1 is 1.58 bits per heavy atom. The molecule has 0 aliphatic carbocycles. The fraction of sp³-hybridized carbons (Fsp3) is 0.125. The highest BCUT2D eigenvalue weighted by Gasteiger charge is 2.03. The van der Waals surface area contributed by atoms with E-state index in [-0.39, 0.29) is 0 Å². The van der Waals surface area contributed by atoms with Crippen LogP contribution in [0.4, 0.5) is 0 Å². The summed E-state index contributed by atoms with van der Waals surface area (Å²) in [5.41, 5.74) is 0.843. The molecule has 0 saturated carbocycles. The van der Waals surface area contributed by atoms with Gasteiger partial charge in [0, 0.05) is 16.9 Å². The number of rotatable bonds is 1. The van der Waals surface area contributed by atoms with Crippen molar-refractivity contribution in [2.45, 2.75) is 0 Å². The Bertz CT molecular complexity index is 410. The summed E-state index contributed by atoms with van der Waals surface area (Å²) in [5.74, 6) is 0.818. The van der Waals surface area contributed by atoms with E-state index in [0.29, 0.717) is 0 Å². The van der Waals surface area contributed by atoms with Gasteiger partial charge in [0.05, 0.1) is 12.5 Å². The van der Waals surface area contributed by atoms with Gasteiger partial charge in [0.25, 0.3) is 0 Å². The Kier molecular flexibility index (Phi) is 1.77. The summed E-state index contributed by atoms with van der Waals surface area (Å²) in [6.07, 6.45) is 3.54. The first-order valence-electron chi connectivity index (χ1n) is 3.48. The van der Waals surface area contributed by atoms with Crippen LogP contribution in [0.5, 0.6) is 5.75 Å². The first-order chi connectivity index (χ1) is 5.81. The lowest BCUT2D eigenvalue weighted by Gasteiger charge is -1.95. The zero-order chi connectivity index (χ0) is 8.55. The molecule has 2 aromatic rings. The molecule has 0 saturated heterocycles. The van der Waals surface area contributed by atoms with E-state index < -0.39 is 0 Å². The Balaban J connectivity index is 2.75. The van der Waals surface area contributed by atoms with Crippen molar-refractivity contribution in [1.29, 1.82) is 0 Å². The van der Waals surface area contributed by atoms with E-state index in [1.54, 1.807) is 19.5 Å². The molecule has 0 spiro atoms. The number of nitrogens with one attached hydrogen (secondary N) is 1. The molecular formula is C8H7BrN2O. The van der Waals surface area contributed by atoms with Crippen molar-refractivity contribution in [2.75, 3.05) is 7.11 Å². The van der Waals surface area contributed by atoms with Gasteiger partial charge in [-0.25, -0.2) is 4.98 Å². The number of aromatic amines is 1. The van der Waals surface area contributed by atoms with Crippen molar-refractivity contribution in [1.82, 2.24) is 9.97 Å². The highest BCUT2D eigenvalue weighted by molar-refractivity contribution is 9.10. The molecule has 0 aliphatic heterocycles. The van der Waals surface area contributed by atoms with Crippen LogP contribution in [-0.4, -0.2) is 17.1 Å². The Morgan fingerprint density at radius 3 is 3.17 bits per heavy atom. The van der Waals surface area contributed by atoms with Crippen LogP contribution in [0.15, 0.2) is 22.9 Å². The second kappa shape index (κ2) is 2.79. The molecule has 0 bridgehead atoms. The average molecular weight is 227 g/mol. The normalized spacial score (nSPS) is 10.5. The summed E-state index contributed by atoms with van der Waals surface area (Å²) >= 11 is 3.35. The van der Waals surface area contributed by atoms with Gasteiger partial charge in [0.15, 0.2) is 0 Å². The number of methoxy groups -OCH3 is 1. The smallest absolute Gasteiger partial charge is 0.145 e. The van der Waals surface area contributed by atoms with Gasteiger partial charge in [0.2, 0.25) is 0 Å². The molecule has 0 atom stereocenters. The summed E-state index contributed by atoms with van der Waals surface area (Å²) in [6.45, 7) is 0. The highest BCUT2D eigenvalue weighted by Crippen LogP contribution is 2.25. The maximum atomic E-state index is 5.13. The van der Waals surface area contributed by atoms with Crippen LogP contribution in [0.3, 0.4) is 0 Å². The van der Waals surface area contributed by atoms with Crippen LogP contribution >= 0.6 is 15.9 Å². The fourth-order valence-electron chi connectivity index (χ4n) is 1.12. The minimum Gasteiger partial charge on any atom is -0.494 e. The van der Waals surface area contributed by atoms with Crippen molar-refractivity contribution in [3.05, 3.63) is 22.9 Å². The number of hydrogen-bond acceptors (Lipinski definition) is 2. The number of aromatic nitrogens is 2. The number of nitrogens with zero attached hydrogens (tertiary/aromatic N) is 1. The second-order valence-corrected chi connectivity index (χ2v) is 3.32. The predicted molar refractivity (Wildman–Crippen MR) is 50.3 cm³/mol. The minimum absolute atomic E-state index is 0.818. The third-order valence-electron chi connectivity index (χ3n) is 1.68. The van der Waals surface area contributed by atoms with Gasteiger partial charge in [-0.3, -0.25) is 0 Å². The summed E-state index contributed by atoms with van der Waals surface area (Å²) < 4.78 is 6.08. The molecule has 3 nitrogen and oxygen atoms in total. The fourth-order valence-corrected chi connectivity index (χ4v) is 1.45. The van der Waals surface area contributed by atoms with E-state index in [4.69, 9.17) is 4.74 Å². The van der Waals surface area contributed by atoms with Crippen molar-refractivity contribution in [2.24, 2.45) is 0 Å². The van der Waals surface area contributed by atoms with Crippen LogP contribution in [0, 0.1) is 0 Å². The quantitative estimate of drug-likeness (QED) is 0.811. The lowest BCUT2D eigenvalue weighted by molar-refractivity contribution is 0.419. The van der Waals surface area contributed by atoms with Crippen LogP contribution in [0.2, 0.25) is 0 Å². The molecule has 1 N–H and O–H groups in total. The van der Waals surface area contributed by atoms with Crippen LogP contribution in [0.1, 0.15) is 0 Å². The molecule has 0 aromatic carbocycles. The first-order valence-corrected chi connectivity index (χ1v) is 4.27. The maximum absolute atomic E-state index is 5.13. The molecule has 2 heterocycles. The molecule has 0 aliphatic rings. The standard InChI is InChI=1S/C8H7BrN2O/c1-12-7-4-11-8-6(7)2-5(9)3-10-8/h2-4H,1H3,(H,10,11). The number of hydrogen-bond donors (Lipinski definition) is 1. The summed E-state index contributed by atoms with van der Waals surface area (Å²) in [4.78, 5) is 7.18. The molecule has 4 heteroatoms. The topological polar surface area (TPSA) is 37.9 Å². The Hall–Kier alpha value is -1.03. The molecule has 2 rings (SSSR count). The zero-order valence-corrected chi connectivity index (χ0v) is 8.05. The summed E-state index contributed by atoms with van der Waals surface area (Å²) in [7, 11) is 1.64. The molecule has 0 fully saturated rings. The van der Waals surface area contributed by atoms with E-state index in [1.165, 1.54) is 0 Å². The Labute approximate surface area is 77.9 Å². The van der Waals surface area contributed by atoms with Crippen molar-refractivity contribution in [3.63, 3.8) is 0 Å². The monoisotopic (exact) mass is 226 g/mol. The van der Waals surface area contributed by atoms with Crippen LogP contribution in [-0.2, 0) is 0 Å². The first kappa shape index (κ1) is 7.61. The van der Waals surface area contributed by atoms with E-state index in [0.717, 1.165) is 21.3 Å². The molecule has 2 aromatic heterocycles. The molecule has 0 radical (unpaired) electrons. The van der Waals surface area contributed by atoms with E-state index in [2.05, 4.69) is 25.9 Å². The van der Waals surface area contributed by atoms with Crippen molar-refractivity contribution in [3.8, 4) is 5.75 Å². The summed E-state index contributed by atoms with van der Waals surface area (Å²) in [5, 5.41) is 0.992. The molecule has 0 amide bonds. The SMILES string of the molecule is COc1c[nH]c2ncc(Br)cc12. The molecule has 0 unspecified atom stereocenters. The summed E-state index contributed by atoms with van der Waals surface area (Å²) in [6, 6.07) is 1.97. The third-order valence-corrected chi connectivity index (χ3v) is 2.11. The number of pyridine rings is 1. The molecular weight excluding hydrogens is 220 g/mol. The van der Waals surface area contributed by atoms with E-state index in [1.807, 2.05) is 6.07 Å². The minimum atomic E-state index is 0.818. The van der Waals surface area contributed by atoms with E-state index in [9.17, 15) is 0 Å². The predicted octanol–water partition coefficient (Wildman–Crippen LogP) is 2.33. The third kappa shape index (κ3) is 1.08. The van der Waals surface area contributed by atoms with Crippen LogP contribution in [0.25, 0.3) is 11.0 Å². The lowest BCUT2D eigenvalue weighted by Crippen LogP contribution is -1.80. The molecule has 12 heavy (non-hydrogen) atoms. The highest BCUT2D eigenvalue weighted by atomic mass is 79.9. The van der Waals surface area contributed by atoms with Gasteiger partial charge in [0.1, 0.15) is 11.4 Å².